The summed E-state index contributed by atoms with van der Waals surface area (Å²) >= 11 is 0. The van der Waals surface area contributed by atoms with Crippen molar-refractivity contribution in [2.24, 2.45) is 5.90 Å². The van der Waals surface area contributed by atoms with Crippen molar-refractivity contribution in [3.05, 3.63) is 48.3 Å². The summed E-state index contributed by atoms with van der Waals surface area (Å²) in [6.45, 7) is 0.226. The Morgan fingerprint density at radius 1 is 1.12 bits per heavy atom. The summed E-state index contributed by atoms with van der Waals surface area (Å²) in [5.41, 5.74) is 1.87. The highest BCUT2D eigenvalue weighted by molar-refractivity contribution is 5.56. The van der Waals surface area contributed by atoms with Crippen LogP contribution in [0.1, 0.15) is 5.56 Å². The lowest BCUT2D eigenvalue weighted by atomic mass is 10.1. The summed E-state index contributed by atoms with van der Waals surface area (Å²) in [5, 5.41) is 0. The van der Waals surface area contributed by atoms with Crippen LogP contribution in [0.2, 0.25) is 0 Å². The molecule has 0 saturated heterocycles. The fourth-order valence-corrected chi connectivity index (χ4v) is 1.33. The Hall–Kier alpha value is -2.22. The molecule has 0 amide bonds. The van der Waals surface area contributed by atoms with Crippen LogP contribution in [0.3, 0.4) is 0 Å². The number of nitrogens with two attached hydrogens (primary N) is 1. The standard InChI is InChI=1S/C13H11N3O/c14-17-10-1-3-11-4-6-12(7-5-11)13-15-8-2-9-16-13/h2,4-9H,10,14H2. The number of hydrogen-bond donors (Lipinski definition) is 1. The lowest BCUT2D eigenvalue weighted by molar-refractivity contribution is 0.173. The Morgan fingerprint density at radius 3 is 2.47 bits per heavy atom. The van der Waals surface area contributed by atoms with Crippen molar-refractivity contribution in [1.29, 1.82) is 0 Å². The minimum absolute atomic E-state index is 0.226. The predicted molar refractivity (Wildman–Crippen MR) is 64.5 cm³/mol. The van der Waals surface area contributed by atoms with Crippen LogP contribution in [0.15, 0.2) is 42.7 Å². The van der Waals surface area contributed by atoms with E-state index in [2.05, 4.69) is 26.6 Å². The number of benzene rings is 1. The molecule has 0 radical (unpaired) electrons. The number of aromatic nitrogens is 2. The number of rotatable bonds is 2. The van der Waals surface area contributed by atoms with Crippen LogP contribution < -0.4 is 5.90 Å². The van der Waals surface area contributed by atoms with Crippen LogP contribution in [0.25, 0.3) is 11.4 Å². The van der Waals surface area contributed by atoms with Gasteiger partial charge < -0.3 is 0 Å². The van der Waals surface area contributed by atoms with E-state index in [0.29, 0.717) is 5.82 Å². The highest BCUT2D eigenvalue weighted by Gasteiger charge is 1.98. The first-order chi connectivity index (χ1) is 8.40. The van der Waals surface area contributed by atoms with Crippen molar-refractivity contribution < 1.29 is 4.84 Å². The van der Waals surface area contributed by atoms with E-state index in [0.717, 1.165) is 11.1 Å². The van der Waals surface area contributed by atoms with Gasteiger partial charge in [0.15, 0.2) is 5.82 Å². The first-order valence-corrected chi connectivity index (χ1v) is 5.08. The fourth-order valence-electron chi connectivity index (χ4n) is 1.33. The molecule has 1 aromatic heterocycles. The summed E-state index contributed by atoms with van der Waals surface area (Å²) in [7, 11) is 0. The Morgan fingerprint density at radius 2 is 1.82 bits per heavy atom. The molecule has 4 nitrogen and oxygen atoms in total. The number of nitrogens with zero attached hydrogens (tertiary/aromatic N) is 2. The Bertz CT molecular complexity index is 526. The van der Waals surface area contributed by atoms with Crippen LogP contribution >= 0.6 is 0 Å². The third-order valence-electron chi connectivity index (χ3n) is 2.10. The quantitative estimate of drug-likeness (QED) is 0.619. The molecule has 1 heterocycles. The second-order valence-corrected chi connectivity index (χ2v) is 3.26. The molecule has 0 fully saturated rings. The average molecular weight is 225 g/mol. The van der Waals surface area contributed by atoms with Crippen LogP contribution in [0.4, 0.5) is 0 Å². The molecule has 0 unspecified atom stereocenters. The fraction of sp³-hybridized carbons (Fsp3) is 0.0769. The third-order valence-corrected chi connectivity index (χ3v) is 2.10. The topological polar surface area (TPSA) is 61.0 Å². The van der Waals surface area contributed by atoms with Gasteiger partial charge in [-0.1, -0.05) is 11.8 Å². The molecule has 2 N–H and O–H groups in total. The smallest absolute Gasteiger partial charge is 0.159 e. The van der Waals surface area contributed by atoms with Gasteiger partial charge in [0.05, 0.1) is 0 Å². The van der Waals surface area contributed by atoms with E-state index >= 15 is 0 Å². The van der Waals surface area contributed by atoms with Crippen molar-refractivity contribution in [3.8, 4) is 23.2 Å². The van der Waals surface area contributed by atoms with E-state index in [-0.39, 0.29) is 6.61 Å². The SMILES string of the molecule is NOCC#Cc1ccc(-c2ncccn2)cc1. The van der Waals surface area contributed by atoms with Gasteiger partial charge in [-0.3, -0.25) is 4.84 Å². The molecule has 84 valence electrons. The van der Waals surface area contributed by atoms with E-state index in [4.69, 9.17) is 5.90 Å². The highest BCUT2D eigenvalue weighted by Crippen LogP contribution is 2.13. The van der Waals surface area contributed by atoms with Gasteiger partial charge in [-0.25, -0.2) is 15.9 Å². The van der Waals surface area contributed by atoms with Gasteiger partial charge in [-0.2, -0.15) is 0 Å². The van der Waals surface area contributed by atoms with Gasteiger partial charge in [0.2, 0.25) is 0 Å². The van der Waals surface area contributed by atoms with Crippen LogP contribution in [-0.2, 0) is 4.84 Å². The van der Waals surface area contributed by atoms with E-state index < -0.39 is 0 Å². The summed E-state index contributed by atoms with van der Waals surface area (Å²) < 4.78 is 0. The Kier molecular flexibility index (Phi) is 3.81. The maximum Gasteiger partial charge on any atom is 0.159 e. The van der Waals surface area contributed by atoms with Crippen LogP contribution in [0, 0.1) is 11.8 Å². The summed E-state index contributed by atoms with van der Waals surface area (Å²) in [6.07, 6.45) is 3.43. The van der Waals surface area contributed by atoms with Gasteiger partial charge in [-0.15, -0.1) is 0 Å². The monoisotopic (exact) mass is 225 g/mol. The van der Waals surface area contributed by atoms with Gasteiger partial charge in [0.1, 0.15) is 6.61 Å². The van der Waals surface area contributed by atoms with E-state index in [9.17, 15) is 0 Å². The molecular weight excluding hydrogens is 214 g/mol. The second-order valence-electron chi connectivity index (χ2n) is 3.26. The normalized spacial score (nSPS) is 9.47. The second kappa shape index (κ2) is 5.75. The lowest BCUT2D eigenvalue weighted by Gasteiger charge is -1.98. The van der Waals surface area contributed by atoms with Gasteiger partial charge in [0, 0.05) is 23.5 Å². The highest BCUT2D eigenvalue weighted by atomic mass is 16.6. The molecule has 0 aliphatic carbocycles. The summed E-state index contributed by atoms with van der Waals surface area (Å²) in [4.78, 5) is 12.7. The summed E-state index contributed by atoms with van der Waals surface area (Å²) in [5.74, 6) is 11.3. The van der Waals surface area contributed by atoms with Crippen LogP contribution in [0.5, 0.6) is 0 Å². The largest absolute Gasteiger partial charge is 0.292 e. The first-order valence-electron chi connectivity index (χ1n) is 5.08. The van der Waals surface area contributed by atoms with E-state index in [1.807, 2.05) is 24.3 Å². The van der Waals surface area contributed by atoms with Crippen molar-refractivity contribution in [2.75, 3.05) is 6.61 Å². The minimum Gasteiger partial charge on any atom is -0.292 e. The van der Waals surface area contributed by atoms with Crippen molar-refractivity contribution in [1.82, 2.24) is 9.97 Å². The first kappa shape index (κ1) is 11.3. The van der Waals surface area contributed by atoms with Gasteiger partial charge in [-0.05, 0) is 30.3 Å². The van der Waals surface area contributed by atoms with Gasteiger partial charge >= 0.3 is 0 Å². The van der Waals surface area contributed by atoms with Crippen molar-refractivity contribution in [2.45, 2.75) is 0 Å². The zero-order valence-corrected chi connectivity index (χ0v) is 9.13. The minimum atomic E-state index is 0.226. The molecule has 1 aromatic carbocycles. The molecule has 17 heavy (non-hydrogen) atoms. The molecular formula is C13H11N3O. The molecule has 0 atom stereocenters. The Balaban J connectivity index is 2.17. The van der Waals surface area contributed by atoms with Gasteiger partial charge in [0.25, 0.3) is 0 Å². The molecule has 0 aliphatic rings. The zero-order valence-electron chi connectivity index (χ0n) is 9.13. The van der Waals surface area contributed by atoms with Crippen LogP contribution in [-0.4, -0.2) is 16.6 Å². The molecule has 0 spiro atoms. The maximum absolute atomic E-state index is 4.87. The zero-order chi connectivity index (χ0) is 11.9. The van der Waals surface area contributed by atoms with E-state index in [1.54, 1.807) is 18.5 Å². The molecule has 2 rings (SSSR count). The molecule has 0 aliphatic heterocycles. The molecule has 2 aromatic rings. The number of hydrogen-bond acceptors (Lipinski definition) is 4. The van der Waals surface area contributed by atoms with Crippen molar-refractivity contribution >= 4 is 0 Å². The lowest BCUT2D eigenvalue weighted by Crippen LogP contribution is -1.97. The maximum atomic E-state index is 4.87. The molecule has 0 bridgehead atoms. The van der Waals surface area contributed by atoms with E-state index in [1.165, 1.54) is 0 Å². The Labute approximate surface area is 99.4 Å². The predicted octanol–water partition coefficient (Wildman–Crippen LogP) is 1.39. The molecule has 0 saturated carbocycles. The van der Waals surface area contributed by atoms with Crippen molar-refractivity contribution in [3.63, 3.8) is 0 Å². The summed E-state index contributed by atoms with van der Waals surface area (Å²) in [6, 6.07) is 9.48. The molecule has 4 heteroatoms. The third kappa shape index (κ3) is 3.11. The average Bonchev–Trinajstić information content (AvgIpc) is 2.41.